The predicted molar refractivity (Wildman–Crippen MR) is 58.1 cm³/mol. The maximum atomic E-state index is 9.21. The molecule has 0 saturated heterocycles. The molecule has 5 heteroatoms. The SMILES string of the molecule is Nc1c2c(nn1-c1ccc(O)cc1)COC2. The van der Waals surface area contributed by atoms with Crippen molar-refractivity contribution >= 4 is 5.82 Å². The number of nitrogens with two attached hydrogens (primary N) is 1. The third-order valence-electron chi connectivity index (χ3n) is 2.69. The number of benzene rings is 1. The number of hydrogen-bond donors (Lipinski definition) is 2. The van der Waals surface area contributed by atoms with E-state index in [1.165, 1.54) is 0 Å². The second-order valence-electron chi connectivity index (χ2n) is 3.73. The standard InChI is InChI=1S/C11H11N3O2/c12-11-9-5-16-6-10(9)13-14(11)7-1-3-8(15)4-2-7/h1-4,15H,5-6,12H2. The lowest BCUT2D eigenvalue weighted by Gasteiger charge is -2.05. The maximum absolute atomic E-state index is 9.21. The molecule has 3 N–H and O–H groups in total. The molecule has 0 spiro atoms. The van der Waals surface area contributed by atoms with Crippen LogP contribution >= 0.6 is 0 Å². The van der Waals surface area contributed by atoms with Crippen LogP contribution in [-0.4, -0.2) is 14.9 Å². The average Bonchev–Trinajstić information content (AvgIpc) is 2.84. The molecule has 0 fully saturated rings. The van der Waals surface area contributed by atoms with Gasteiger partial charge in [-0.1, -0.05) is 0 Å². The number of nitrogens with zero attached hydrogens (tertiary/aromatic N) is 2. The zero-order chi connectivity index (χ0) is 11.1. The van der Waals surface area contributed by atoms with Crippen molar-refractivity contribution in [3.05, 3.63) is 35.5 Å². The molecule has 5 nitrogen and oxygen atoms in total. The molecule has 1 aromatic carbocycles. The molecular formula is C11H11N3O2. The molecule has 0 radical (unpaired) electrons. The summed E-state index contributed by atoms with van der Waals surface area (Å²) in [5, 5.41) is 13.6. The third kappa shape index (κ3) is 1.25. The van der Waals surface area contributed by atoms with Crippen LogP contribution < -0.4 is 5.73 Å². The monoisotopic (exact) mass is 217 g/mol. The summed E-state index contributed by atoms with van der Waals surface area (Å²) >= 11 is 0. The minimum Gasteiger partial charge on any atom is -0.508 e. The molecule has 0 atom stereocenters. The molecule has 0 aliphatic carbocycles. The van der Waals surface area contributed by atoms with Gasteiger partial charge in [0.1, 0.15) is 11.6 Å². The van der Waals surface area contributed by atoms with E-state index >= 15 is 0 Å². The van der Waals surface area contributed by atoms with Crippen LogP contribution in [0.4, 0.5) is 5.82 Å². The molecule has 0 saturated carbocycles. The molecule has 82 valence electrons. The number of aromatic nitrogens is 2. The average molecular weight is 217 g/mol. The van der Waals surface area contributed by atoms with Crippen LogP contribution in [0.2, 0.25) is 0 Å². The van der Waals surface area contributed by atoms with E-state index in [2.05, 4.69) is 5.10 Å². The number of fused-ring (bicyclic) bond motifs is 1. The van der Waals surface area contributed by atoms with Gasteiger partial charge in [0.15, 0.2) is 0 Å². The summed E-state index contributed by atoms with van der Waals surface area (Å²) in [6.07, 6.45) is 0. The number of phenols is 1. The summed E-state index contributed by atoms with van der Waals surface area (Å²) in [7, 11) is 0. The van der Waals surface area contributed by atoms with Crippen molar-refractivity contribution in [3.8, 4) is 11.4 Å². The third-order valence-corrected chi connectivity index (χ3v) is 2.69. The van der Waals surface area contributed by atoms with E-state index in [-0.39, 0.29) is 5.75 Å². The van der Waals surface area contributed by atoms with Gasteiger partial charge in [0.25, 0.3) is 0 Å². The van der Waals surface area contributed by atoms with E-state index in [1.54, 1.807) is 28.9 Å². The van der Waals surface area contributed by atoms with Crippen LogP contribution in [0.3, 0.4) is 0 Å². The lowest BCUT2D eigenvalue weighted by atomic mass is 10.2. The van der Waals surface area contributed by atoms with Crippen LogP contribution in [0.15, 0.2) is 24.3 Å². The van der Waals surface area contributed by atoms with Crippen molar-refractivity contribution < 1.29 is 9.84 Å². The second-order valence-corrected chi connectivity index (χ2v) is 3.73. The fourth-order valence-corrected chi connectivity index (χ4v) is 1.82. The van der Waals surface area contributed by atoms with Gasteiger partial charge in [-0.15, -0.1) is 0 Å². The van der Waals surface area contributed by atoms with Crippen LogP contribution in [-0.2, 0) is 18.0 Å². The van der Waals surface area contributed by atoms with Gasteiger partial charge in [0.05, 0.1) is 24.6 Å². The molecule has 1 aromatic heterocycles. The number of nitrogen functional groups attached to an aromatic ring is 1. The number of hydrogen-bond acceptors (Lipinski definition) is 4. The quantitative estimate of drug-likeness (QED) is 0.752. The smallest absolute Gasteiger partial charge is 0.133 e. The van der Waals surface area contributed by atoms with Crippen LogP contribution in [0.5, 0.6) is 5.75 Å². The molecule has 16 heavy (non-hydrogen) atoms. The topological polar surface area (TPSA) is 73.3 Å². The van der Waals surface area contributed by atoms with E-state index < -0.39 is 0 Å². The van der Waals surface area contributed by atoms with E-state index in [1.807, 2.05) is 0 Å². The van der Waals surface area contributed by atoms with Crippen molar-refractivity contribution in [2.24, 2.45) is 0 Å². The van der Waals surface area contributed by atoms with Crippen molar-refractivity contribution in [1.82, 2.24) is 9.78 Å². The predicted octanol–water partition coefficient (Wildman–Crippen LogP) is 1.19. The molecule has 0 amide bonds. The van der Waals surface area contributed by atoms with Gasteiger partial charge in [-0.2, -0.15) is 5.10 Å². The number of phenolic OH excluding ortho intramolecular Hbond substituents is 1. The number of aromatic hydroxyl groups is 1. The first-order valence-corrected chi connectivity index (χ1v) is 4.99. The molecule has 2 heterocycles. The van der Waals surface area contributed by atoms with Crippen molar-refractivity contribution in [2.45, 2.75) is 13.2 Å². The van der Waals surface area contributed by atoms with Crippen molar-refractivity contribution in [1.29, 1.82) is 0 Å². The number of anilines is 1. The largest absolute Gasteiger partial charge is 0.508 e. The fourth-order valence-electron chi connectivity index (χ4n) is 1.82. The highest BCUT2D eigenvalue weighted by Gasteiger charge is 2.21. The number of rotatable bonds is 1. The number of ether oxygens (including phenoxy) is 1. The Hall–Kier alpha value is -2.01. The molecule has 0 unspecified atom stereocenters. The molecule has 0 bridgehead atoms. The zero-order valence-corrected chi connectivity index (χ0v) is 8.55. The molecule has 3 rings (SSSR count). The van der Waals surface area contributed by atoms with E-state index in [9.17, 15) is 5.11 Å². The van der Waals surface area contributed by atoms with E-state index in [4.69, 9.17) is 10.5 Å². The normalized spacial score (nSPS) is 14.0. The highest BCUT2D eigenvalue weighted by Crippen LogP contribution is 2.27. The molecule has 1 aliphatic heterocycles. The molecular weight excluding hydrogens is 206 g/mol. The van der Waals surface area contributed by atoms with Crippen LogP contribution in [0, 0.1) is 0 Å². The van der Waals surface area contributed by atoms with Crippen molar-refractivity contribution in [2.75, 3.05) is 5.73 Å². The summed E-state index contributed by atoms with van der Waals surface area (Å²) in [5.74, 6) is 0.837. The zero-order valence-electron chi connectivity index (χ0n) is 8.55. The first-order chi connectivity index (χ1) is 7.75. The Kier molecular flexibility index (Phi) is 1.87. The molecule has 2 aromatic rings. The first-order valence-electron chi connectivity index (χ1n) is 4.99. The lowest BCUT2D eigenvalue weighted by molar-refractivity contribution is 0.131. The van der Waals surface area contributed by atoms with Crippen LogP contribution in [0.25, 0.3) is 5.69 Å². The Balaban J connectivity index is 2.10. The van der Waals surface area contributed by atoms with Gasteiger partial charge >= 0.3 is 0 Å². The van der Waals surface area contributed by atoms with Crippen molar-refractivity contribution in [3.63, 3.8) is 0 Å². The van der Waals surface area contributed by atoms with Gasteiger partial charge < -0.3 is 15.6 Å². The minimum atomic E-state index is 0.227. The summed E-state index contributed by atoms with van der Waals surface area (Å²) in [6.45, 7) is 1.05. The Morgan fingerprint density at radius 1 is 1.25 bits per heavy atom. The summed E-state index contributed by atoms with van der Waals surface area (Å²) in [4.78, 5) is 0. The molecule has 1 aliphatic rings. The Labute approximate surface area is 92.1 Å². The van der Waals surface area contributed by atoms with E-state index in [0.717, 1.165) is 16.9 Å². The van der Waals surface area contributed by atoms with Gasteiger partial charge in [0, 0.05) is 5.56 Å². The van der Waals surface area contributed by atoms with Gasteiger partial charge in [0.2, 0.25) is 0 Å². The lowest BCUT2D eigenvalue weighted by Crippen LogP contribution is -2.03. The highest BCUT2D eigenvalue weighted by molar-refractivity contribution is 5.51. The van der Waals surface area contributed by atoms with Gasteiger partial charge in [-0.3, -0.25) is 0 Å². The van der Waals surface area contributed by atoms with Crippen LogP contribution in [0.1, 0.15) is 11.3 Å². The maximum Gasteiger partial charge on any atom is 0.133 e. The Morgan fingerprint density at radius 2 is 2.00 bits per heavy atom. The second kappa shape index (κ2) is 3.24. The van der Waals surface area contributed by atoms with E-state index in [0.29, 0.717) is 19.0 Å². The summed E-state index contributed by atoms with van der Waals surface area (Å²) < 4.78 is 6.92. The van der Waals surface area contributed by atoms with Gasteiger partial charge in [-0.25, -0.2) is 4.68 Å². The Morgan fingerprint density at radius 3 is 2.69 bits per heavy atom. The first kappa shape index (κ1) is 9.23. The van der Waals surface area contributed by atoms with Gasteiger partial charge in [-0.05, 0) is 24.3 Å². The summed E-state index contributed by atoms with van der Waals surface area (Å²) in [6, 6.07) is 6.76. The minimum absolute atomic E-state index is 0.227. The highest BCUT2D eigenvalue weighted by atomic mass is 16.5. The fraction of sp³-hybridized carbons (Fsp3) is 0.182. The Bertz CT molecular complexity index is 531. The summed E-state index contributed by atoms with van der Waals surface area (Å²) in [5.41, 5.74) is 8.68.